The van der Waals surface area contributed by atoms with E-state index in [0.717, 1.165) is 37.7 Å². The van der Waals surface area contributed by atoms with Crippen LogP contribution >= 0.6 is 0 Å². The van der Waals surface area contributed by atoms with Crippen LogP contribution in [-0.2, 0) is 30.2 Å². The van der Waals surface area contributed by atoms with Crippen LogP contribution in [0.15, 0.2) is 24.3 Å². The average molecular weight is 465 g/mol. The Labute approximate surface area is 161 Å². The van der Waals surface area contributed by atoms with Crippen molar-refractivity contribution in [2.45, 2.75) is 43.5 Å². The zero-order valence-corrected chi connectivity index (χ0v) is 16.8. The molecule has 2 rings (SSSR count). The molecule has 0 unspecified atom stereocenters. The molecule has 1 aliphatic rings. The second kappa shape index (κ2) is 8.16. The van der Waals surface area contributed by atoms with Crippen molar-refractivity contribution in [3.63, 3.8) is 0 Å². The van der Waals surface area contributed by atoms with Gasteiger partial charge in [0.25, 0.3) is 0 Å². The van der Waals surface area contributed by atoms with E-state index in [1.54, 1.807) is 12.1 Å². The van der Waals surface area contributed by atoms with E-state index < -0.39 is 40.8 Å². The maximum absolute atomic E-state index is 12.2. The zero-order chi connectivity index (χ0) is 21.2. The summed E-state index contributed by atoms with van der Waals surface area (Å²) in [6.45, 7) is 0. The summed E-state index contributed by atoms with van der Waals surface area (Å²) in [4.78, 5) is 0. The number of halogens is 3. The van der Waals surface area contributed by atoms with E-state index in [-0.39, 0.29) is 5.75 Å². The Balaban J connectivity index is 2.06. The van der Waals surface area contributed by atoms with E-state index >= 15 is 0 Å². The summed E-state index contributed by atoms with van der Waals surface area (Å²) >= 11 is 0. The van der Waals surface area contributed by atoms with Crippen LogP contribution in [0.2, 0.25) is 0 Å². The molecule has 1 aromatic rings. The number of sulfonamides is 2. The first-order valence-corrected chi connectivity index (χ1v) is 12.8. The van der Waals surface area contributed by atoms with Crippen molar-refractivity contribution in [2.24, 2.45) is 0 Å². The largest absolute Gasteiger partial charge is 0.512 e. The summed E-state index contributed by atoms with van der Waals surface area (Å²) in [5.41, 5.74) is -4.95. The molecule has 0 heterocycles. The third-order valence-corrected chi connectivity index (χ3v) is 9.37. The number of benzene rings is 1. The summed E-state index contributed by atoms with van der Waals surface area (Å²) in [5, 5.41) is -2.00. The highest BCUT2D eigenvalue weighted by Gasteiger charge is 2.49. The Morgan fingerprint density at radius 2 is 1.46 bits per heavy atom. The van der Waals surface area contributed by atoms with Gasteiger partial charge in [-0.3, -0.25) is 0 Å². The second-order valence-corrected chi connectivity index (χ2v) is 11.9. The molecule has 8 nitrogen and oxygen atoms in total. The fraction of sp³-hybridized carbons (Fsp3) is 0.571. The van der Waals surface area contributed by atoms with Gasteiger partial charge in [0.15, 0.2) is 0 Å². The van der Waals surface area contributed by atoms with Crippen LogP contribution in [0.25, 0.3) is 0 Å². The van der Waals surface area contributed by atoms with Gasteiger partial charge in [-0.2, -0.15) is 21.6 Å². The molecule has 0 atom stereocenters. The molecular formula is C14H18F3NO7S3. The van der Waals surface area contributed by atoms with E-state index in [9.17, 15) is 38.4 Å². The van der Waals surface area contributed by atoms with Gasteiger partial charge in [0.05, 0.1) is 0 Å². The zero-order valence-electron chi connectivity index (χ0n) is 14.3. The lowest BCUT2D eigenvalue weighted by Crippen LogP contribution is -2.42. The van der Waals surface area contributed by atoms with Gasteiger partial charge in [-0.15, -0.1) is 0 Å². The van der Waals surface area contributed by atoms with Gasteiger partial charge < -0.3 is 4.18 Å². The predicted molar refractivity (Wildman–Crippen MR) is 93.7 cm³/mol. The van der Waals surface area contributed by atoms with Crippen LogP contribution < -0.4 is 8.31 Å². The Kier molecular flexibility index (Phi) is 6.68. The molecule has 1 saturated carbocycles. The number of alkyl halides is 3. The van der Waals surface area contributed by atoms with Crippen LogP contribution in [0.4, 0.5) is 13.2 Å². The van der Waals surface area contributed by atoms with Crippen molar-refractivity contribution < 1.29 is 42.6 Å². The van der Waals surface area contributed by atoms with Crippen molar-refractivity contribution in [1.82, 2.24) is 4.13 Å². The molecule has 160 valence electrons. The van der Waals surface area contributed by atoms with E-state index in [1.807, 2.05) is 0 Å². The molecule has 1 fully saturated rings. The second-order valence-electron chi connectivity index (χ2n) is 6.31. The lowest BCUT2D eigenvalue weighted by molar-refractivity contribution is -0.0441. The van der Waals surface area contributed by atoms with Crippen LogP contribution in [0, 0.1) is 0 Å². The number of rotatable bonds is 7. The summed E-state index contributed by atoms with van der Waals surface area (Å²) in [5.74, 6) is 0.0880. The molecule has 0 aromatic heterocycles. The highest BCUT2D eigenvalue weighted by molar-refractivity contribution is 8.11. The lowest BCUT2D eigenvalue weighted by atomic mass is 9.84. The molecule has 0 spiro atoms. The first kappa shape index (κ1) is 22.9. The Morgan fingerprint density at radius 3 is 1.96 bits per heavy atom. The summed E-state index contributed by atoms with van der Waals surface area (Å²) < 4.78 is 110. The summed E-state index contributed by atoms with van der Waals surface area (Å²) in [6, 6.07) is 5.85. The number of hydrogen-bond donors (Lipinski definition) is 1. The molecule has 1 N–H and O–H groups in total. The first-order chi connectivity index (χ1) is 12.7. The molecular weight excluding hydrogens is 447 g/mol. The molecule has 14 heteroatoms. The van der Waals surface area contributed by atoms with Crippen LogP contribution in [0.1, 0.15) is 43.6 Å². The Morgan fingerprint density at radius 1 is 0.929 bits per heavy atom. The normalized spacial score (nSPS) is 17.4. The van der Waals surface area contributed by atoms with Crippen molar-refractivity contribution in [3.8, 4) is 5.75 Å². The maximum atomic E-state index is 12.2. The van der Waals surface area contributed by atoms with Crippen molar-refractivity contribution >= 4 is 30.2 Å². The number of nitrogens with one attached hydrogen (secondary N) is 1. The van der Waals surface area contributed by atoms with E-state index in [1.165, 1.54) is 12.1 Å². The first-order valence-electron chi connectivity index (χ1n) is 8.05. The molecule has 0 radical (unpaired) electrons. The van der Waals surface area contributed by atoms with Gasteiger partial charge in [-0.1, -0.05) is 35.5 Å². The smallest absolute Gasteiger partial charge is 0.382 e. The molecule has 0 amide bonds. The highest BCUT2D eigenvalue weighted by atomic mass is 32.3. The molecule has 28 heavy (non-hydrogen) atoms. The summed E-state index contributed by atoms with van der Waals surface area (Å²) in [6.07, 6.45) is 5.32. The third kappa shape index (κ3) is 6.32. The van der Waals surface area contributed by atoms with Gasteiger partial charge >= 0.3 is 25.6 Å². The van der Waals surface area contributed by atoms with E-state index in [2.05, 4.69) is 4.18 Å². The van der Waals surface area contributed by atoms with Gasteiger partial charge in [0, 0.05) is 0 Å². The third-order valence-electron chi connectivity index (χ3n) is 4.02. The van der Waals surface area contributed by atoms with Gasteiger partial charge in [0.1, 0.15) is 5.75 Å². The van der Waals surface area contributed by atoms with Crippen LogP contribution in [-0.4, -0.2) is 35.8 Å². The molecule has 1 aromatic carbocycles. The molecule has 0 bridgehead atoms. The van der Waals surface area contributed by atoms with Crippen LogP contribution in [0.3, 0.4) is 0 Å². The average Bonchev–Trinajstić information content (AvgIpc) is 2.52. The summed E-state index contributed by atoms with van der Waals surface area (Å²) in [7, 11) is -16.6. The quantitative estimate of drug-likeness (QED) is 0.612. The minimum Gasteiger partial charge on any atom is -0.382 e. The van der Waals surface area contributed by atoms with Gasteiger partial charge in [0.2, 0.25) is 15.1 Å². The van der Waals surface area contributed by atoms with E-state index in [0.29, 0.717) is 10.0 Å². The Hall–Kier alpha value is -1.38. The molecule has 1 aliphatic carbocycles. The topological polar surface area (TPSA) is 124 Å². The minimum absolute atomic E-state index is 0.242. The van der Waals surface area contributed by atoms with Crippen molar-refractivity contribution in [2.75, 3.05) is 5.08 Å². The number of hydrogen-bond acceptors (Lipinski definition) is 7. The van der Waals surface area contributed by atoms with Gasteiger partial charge in [-0.25, -0.2) is 16.8 Å². The fourth-order valence-electron chi connectivity index (χ4n) is 2.83. The van der Waals surface area contributed by atoms with Crippen molar-refractivity contribution in [1.29, 1.82) is 0 Å². The monoisotopic (exact) mass is 465 g/mol. The predicted octanol–water partition coefficient (Wildman–Crippen LogP) is 2.17. The standard InChI is InChI=1S/C14H18F3NO7S3/c15-14(16,17)28(23,24)18-26(19,20)10-27(21,22)25-13-8-6-12(7-9-13)11-4-2-1-3-5-11/h6-9,11,18H,1-5,10H2. The Bertz CT molecular complexity index is 995. The van der Waals surface area contributed by atoms with Crippen LogP contribution in [0.5, 0.6) is 5.75 Å². The molecule has 0 saturated heterocycles. The minimum atomic E-state index is -6.28. The van der Waals surface area contributed by atoms with E-state index in [4.69, 9.17) is 0 Å². The lowest BCUT2D eigenvalue weighted by Gasteiger charge is -2.22. The maximum Gasteiger partial charge on any atom is 0.512 e. The highest BCUT2D eigenvalue weighted by Crippen LogP contribution is 2.33. The molecule has 0 aliphatic heterocycles. The van der Waals surface area contributed by atoms with Crippen molar-refractivity contribution in [3.05, 3.63) is 29.8 Å². The fourth-order valence-corrected chi connectivity index (χ4v) is 7.29. The van der Waals surface area contributed by atoms with Gasteiger partial charge in [-0.05, 0) is 36.5 Å². The SMILES string of the molecule is O=S(=O)(CS(=O)(=O)Oc1ccc(C2CCCCC2)cc1)NS(=O)(=O)C(F)(F)F.